The molecular formula is C10H19NO4. The predicted molar refractivity (Wildman–Crippen MR) is 56.2 cm³/mol. The van der Waals surface area contributed by atoms with Crippen LogP contribution < -0.4 is 0 Å². The van der Waals surface area contributed by atoms with Gasteiger partial charge in [-0.1, -0.05) is 0 Å². The molecule has 0 N–H and O–H groups in total. The van der Waals surface area contributed by atoms with Gasteiger partial charge in [-0.25, -0.2) is 0 Å². The van der Waals surface area contributed by atoms with Crippen molar-refractivity contribution in [2.75, 3.05) is 0 Å². The molecule has 0 atom stereocenters. The fraction of sp³-hybridized carbons (Fsp3) is 0.900. The van der Waals surface area contributed by atoms with Crippen molar-refractivity contribution in [3.8, 4) is 0 Å². The number of ether oxygens (including phenoxy) is 1. The lowest BCUT2D eigenvalue weighted by atomic mass is 10.00. The summed E-state index contributed by atoms with van der Waals surface area (Å²) in [7, 11) is 0. The summed E-state index contributed by atoms with van der Waals surface area (Å²) in [6.45, 7) is 8.30. The molecule has 5 nitrogen and oxygen atoms in total. The van der Waals surface area contributed by atoms with Crippen molar-refractivity contribution in [1.82, 2.24) is 0 Å². The highest BCUT2D eigenvalue weighted by Gasteiger charge is 2.31. The summed E-state index contributed by atoms with van der Waals surface area (Å²) < 4.78 is 5.05. The van der Waals surface area contributed by atoms with Gasteiger partial charge in [-0.05, 0) is 20.8 Å². The minimum atomic E-state index is -1.07. The molecule has 88 valence electrons. The number of hydrogen-bond donors (Lipinski definition) is 0. The number of nitro groups is 1. The van der Waals surface area contributed by atoms with Gasteiger partial charge in [-0.3, -0.25) is 14.9 Å². The molecule has 0 amide bonds. The van der Waals surface area contributed by atoms with Crippen molar-refractivity contribution >= 4 is 5.97 Å². The summed E-state index contributed by atoms with van der Waals surface area (Å²) in [5.74, 6) is -0.391. The van der Waals surface area contributed by atoms with Crippen LogP contribution in [0.15, 0.2) is 0 Å². The topological polar surface area (TPSA) is 69.4 Å². The molecule has 0 aromatic heterocycles. The Morgan fingerprint density at radius 1 is 1.27 bits per heavy atom. The first kappa shape index (κ1) is 13.9. The van der Waals surface area contributed by atoms with Crippen LogP contribution in [-0.4, -0.2) is 22.0 Å². The molecule has 0 rings (SSSR count). The molecule has 0 bridgehead atoms. The van der Waals surface area contributed by atoms with Gasteiger partial charge in [-0.15, -0.1) is 0 Å². The Bertz CT molecular complexity index is 253. The van der Waals surface area contributed by atoms with Crippen LogP contribution in [0.4, 0.5) is 0 Å². The summed E-state index contributed by atoms with van der Waals surface area (Å²) in [4.78, 5) is 21.5. The second kappa shape index (κ2) is 4.59. The smallest absolute Gasteiger partial charge is 0.306 e. The van der Waals surface area contributed by atoms with Crippen molar-refractivity contribution < 1.29 is 14.5 Å². The first-order chi connectivity index (χ1) is 6.54. The van der Waals surface area contributed by atoms with Gasteiger partial charge in [0.05, 0.1) is 6.42 Å². The Morgan fingerprint density at radius 3 is 2.07 bits per heavy atom. The summed E-state index contributed by atoms with van der Waals surface area (Å²) in [5.41, 5.74) is -1.60. The molecule has 0 aromatic carbocycles. The number of hydrogen-bond acceptors (Lipinski definition) is 4. The maximum atomic E-state index is 11.3. The molecular weight excluding hydrogens is 198 g/mol. The molecule has 0 saturated carbocycles. The van der Waals surface area contributed by atoms with Crippen LogP contribution in [0, 0.1) is 10.1 Å². The van der Waals surface area contributed by atoms with Crippen molar-refractivity contribution in [1.29, 1.82) is 0 Å². The molecule has 0 aromatic rings. The number of nitrogens with zero attached hydrogens (tertiary/aromatic N) is 1. The third kappa shape index (κ3) is 6.04. The van der Waals surface area contributed by atoms with Gasteiger partial charge in [0.25, 0.3) is 0 Å². The minimum Gasteiger partial charge on any atom is -0.460 e. The first-order valence-corrected chi connectivity index (χ1v) is 4.91. The monoisotopic (exact) mass is 217 g/mol. The standard InChI is InChI=1S/C10H19NO4/c1-9(2,3)15-8(12)6-7-10(4,5)11(13)14/h6-7H2,1-5H3. The van der Waals surface area contributed by atoms with E-state index in [1.807, 2.05) is 0 Å². The first-order valence-electron chi connectivity index (χ1n) is 4.91. The van der Waals surface area contributed by atoms with E-state index in [4.69, 9.17) is 4.74 Å². The maximum absolute atomic E-state index is 11.3. The summed E-state index contributed by atoms with van der Waals surface area (Å²) in [5, 5.41) is 10.6. The van der Waals surface area contributed by atoms with Crippen LogP contribution in [0.1, 0.15) is 47.5 Å². The lowest BCUT2D eigenvalue weighted by Gasteiger charge is -2.20. The SMILES string of the molecule is CC(C)(C)OC(=O)CCC(C)(C)[N+](=O)[O-]. The normalized spacial score (nSPS) is 12.3. The van der Waals surface area contributed by atoms with Crippen molar-refractivity contribution in [2.24, 2.45) is 0 Å². The molecule has 0 aliphatic carbocycles. The van der Waals surface area contributed by atoms with Crippen LogP contribution in [0.5, 0.6) is 0 Å². The van der Waals surface area contributed by atoms with Crippen LogP contribution in [-0.2, 0) is 9.53 Å². The van der Waals surface area contributed by atoms with E-state index in [-0.39, 0.29) is 17.8 Å². The number of carbonyl (C=O) groups is 1. The highest BCUT2D eigenvalue weighted by molar-refractivity contribution is 5.69. The van der Waals surface area contributed by atoms with E-state index in [0.717, 1.165) is 0 Å². The van der Waals surface area contributed by atoms with Gasteiger partial charge in [0.15, 0.2) is 0 Å². The van der Waals surface area contributed by atoms with Gasteiger partial charge < -0.3 is 4.74 Å². The van der Waals surface area contributed by atoms with E-state index in [1.165, 1.54) is 13.8 Å². The van der Waals surface area contributed by atoms with Gasteiger partial charge in [0.2, 0.25) is 5.54 Å². The Kier molecular flexibility index (Phi) is 4.25. The van der Waals surface area contributed by atoms with E-state index in [1.54, 1.807) is 20.8 Å². The Balaban J connectivity index is 4.07. The van der Waals surface area contributed by atoms with E-state index >= 15 is 0 Å². The summed E-state index contributed by atoms with van der Waals surface area (Å²) in [6, 6.07) is 0. The van der Waals surface area contributed by atoms with Crippen LogP contribution in [0.2, 0.25) is 0 Å². The zero-order valence-corrected chi connectivity index (χ0v) is 9.99. The van der Waals surface area contributed by atoms with Crippen LogP contribution in [0.25, 0.3) is 0 Å². The van der Waals surface area contributed by atoms with Gasteiger partial charge in [0, 0.05) is 25.2 Å². The number of carbonyl (C=O) groups excluding carboxylic acids is 1. The van der Waals surface area contributed by atoms with Crippen LogP contribution >= 0.6 is 0 Å². The lowest BCUT2D eigenvalue weighted by molar-refractivity contribution is -0.561. The fourth-order valence-electron chi connectivity index (χ4n) is 0.892. The van der Waals surface area contributed by atoms with Gasteiger partial charge in [0.1, 0.15) is 5.60 Å². The molecule has 0 spiro atoms. The lowest BCUT2D eigenvalue weighted by Crippen LogP contribution is -2.32. The van der Waals surface area contributed by atoms with Crippen molar-refractivity contribution in [3.63, 3.8) is 0 Å². The Morgan fingerprint density at radius 2 is 1.73 bits per heavy atom. The molecule has 0 unspecified atom stereocenters. The Labute approximate surface area is 90.0 Å². The summed E-state index contributed by atoms with van der Waals surface area (Å²) in [6.07, 6.45) is 0.264. The minimum absolute atomic E-state index is 0.0747. The van der Waals surface area contributed by atoms with E-state index in [0.29, 0.717) is 0 Å². The van der Waals surface area contributed by atoms with Crippen LogP contribution in [0.3, 0.4) is 0 Å². The third-order valence-electron chi connectivity index (χ3n) is 1.86. The quantitative estimate of drug-likeness (QED) is 0.411. The molecule has 0 aliphatic heterocycles. The van der Waals surface area contributed by atoms with Gasteiger partial charge >= 0.3 is 5.97 Å². The van der Waals surface area contributed by atoms with Crippen molar-refractivity contribution in [2.45, 2.75) is 58.6 Å². The van der Waals surface area contributed by atoms with E-state index < -0.39 is 17.1 Å². The second-order valence-corrected chi connectivity index (χ2v) is 5.16. The molecule has 5 heteroatoms. The number of esters is 1. The highest BCUT2D eigenvalue weighted by Crippen LogP contribution is 2.17. The van der Waals surface area contributed by atoms with Gasteiger partial charge in [-0.2, -0.15) is 0 Å². The fourth-order valence-corrected chi connectivity index (χ4v) is 0.892. The highest BCUT2D eigenvalue weighted by atomic mass is 16.6. The summed E-state index contributed by atoms with van der Waals surface area (Å²) >= 11 is 0. The van der Waals surface area contributed by atoms with Crippen molar-refractivity contribution in [3.05, 3.63) is 10.1 Å². The molecule has 0 saturated heterocycles. The third-order valence-corrected chi connectivity index (χ3v) is 1.86. The molecule has 0 aliphatic rings. The molecule has 0 radical (unpaired) electrons. The average molecular weight is 217 g/mol. The average Bonchev–Trinajstić information content (AvgIpc) is 1.97. The largest absolute Gasteiger partial charge is 0.460 e. The second-order valence-electron chi connectivity index (χ2n) is 5.16. The Hall–Kier alpha value is -1.13. The van der Waals surface area contributed by atoms with E-state index in [9.17, 15) is 14.9 Å². The predicted octanol–water partition coefficient (Wildman–Crippen LogP) is 2.16. The molecule has 0 fully saturated rings. The number of rotatable bonds is 4. The zero-order chi connectivity index (χ0) is 12.3. The van der Waals surface area contributed by atoms with E-state index in [2.05, 4.69) is 0 Å². The molecule has 0 heterocycles. The molecule has 15 heavy (non-hydrogen) atoms. The zero-order valence-electron chi connectivity index (χ0n) is 9.99. The maximum Gasteiger partial charge on any atom is 0.306 e.